The van der Waals surface area contributed by atoms with E-state index in [2.05, 4.69) is 45.7 Å². The van der Waals surface area contributed by atoms with E-state index in [9.17, 15) is 72.4 Å². The van der Waals surface area contributed by atoms with Crippen molar-refractivity contribution >= 4 is 77.0 Å². The van der Waals surface area contributed by atoms with Crippen LogP contribution < -0.4 is 31.9 Å². The number of halogens is 1. The molecule has 2 fully saturated rings. The van der Waals surface area contributed by atoms with Crippen LogP contribution in [0.2, 0.25) is 0 Å². The summed E-state index contributed by atoms with van der Waals surface area (Å²) >= 11 is 1.16. The van der Waals surface area contributed by atoms with Crippen LogP contribution >= 0.6 is 11.8 Å². The molecule has 0 bridgehead atoms. The molecule has 498 valence electrons. The Hall–Kier alpha value is -5.51. The molecular formula is C60H102FN7O18S. The third kappa shape index (κ3) is 34.2. The van der Waals surface area contributed by atoms with Crippen molar-refractivity contribution in [3.63, 3.8) is 0 Å². The second kappa shape index (κ2) is 39.5. The fourth-order valence-corrected chi connectivity index (χ4v) is 11.4. The molecule has 87 heavy (non-hydrogen) atoms. The lowest BCUT2D eigenvalue weighted by Crippen LogP contribution is -2.49. The number of aliphatic carboxylic acids is 4. The van der Waals surface area contributed by atoms with Gasteiger partial charge in [-0.15, -0.1) is 0 Å². The molecule has 1 aliphatic carbocycles. The summed E-state index contributed by atoms with van der Waals surface area (Å²) in [6.07, 6.45) is 7.77. The van der Waals surface area contributed by atoms with E-state index in [4.69, 9.17) is 19.3 Å². The monoisotopic (exact) mass is 1260 g/mol. The Morgan fingerprint density at radius 3 is 1.74 bits per heavy atom. The van der Waals surface area contributed by atoms with Crippen LogP contribution in [0.1, 0.15) is 184 Å². The van der Waals surface area contributed by atoms with Crippen LogP contribution in [-0.2, 0) is 67.0 Å². The summed E-state index contributed by atoms with van der Waals surface area (Å²) in [5, 5.41) is 53.7. The van der Waals surface area contributed by atoms with E-state index in [-0.39, 0.29) is 119 Å². The quantitative estimate of drug-likeness (QED) is 0.0219. The van der Waals surface area contributed by atoms with Crippen molar-refractivity contribution < 1.29 is 91.8 Å². The molecule has 0 aromatic carbocycles. The maximum atomic E-state index is 14.1. The van der Waals surface area contributed by atoms with Gasteiger partial charge in [0.2, 0.25) is 41.4 Å². The maximum absolute atomic E-state index is 14.1. The first-order valence-corrected chi connectivity index (χ1v) is 31.7. The molecule has 7 amide bonds. The number of rotatable bonds is 48. The minimum Gasteiger partial charge on any atom is -0.481 e. The maximum Gasteiger partial charge on any atom is 0.326 e. The predicted molar refractivity (Wildman–Crippen MR) is 322 cm³/mol. The fourth-order valence-electron chi connectivity index (χ4n) is 10.2. The molecular weight excluding hydrogens is 1160 g/mol. The van der Waals surface area contributed by atoms with Gasteiger partial charge in [0.15, 0.2) is 5.79 Å². The van der Waals surface area contributed by atoms with Crippen molar-refractivity contribution in [2.45, 2.75) is 212 Å². The van der Waals surface area contributed by atoms with Gasteiger partial charge in [0.1, 0.15) is 18.1 Å². The molecule has 1 heterocycles. The van der Waals surface area contributed by atoms with Crippen molar-refractivity contribution in [3.05, 3.63) is 0 Å². The van der Waals surface area contributed by atoms with Crippen LogP contribution in [-0.4, -0.2) is 191 Å². The van der Waals surface area contributed by atoms with E-state index in [1.165, 1.54) is 13.8 Å². The number of nitrogens with one attached hydrogen (secondary N) is 6. The number of carbonyl (C=O) groups excluding carboxylic acids is 7. The number of nitrogens with zero attached hydrogens (tertiary/aromatic N) is 1. The minimum absolute atomic E-state index is 0.0219. The Balaban J connectivity index is 1.57. The molecule has 0 aromatic heterocycles. The molecule has 2 aliphatic rings. The molecule has 0 spiro atoms. The van der Waals surface area contributed by atoms with Gasteiger partial charge in [0.25, 0.3) is 0 Å². The number of carboxylic acids is 4. The highest BCUT2D eigenvalue weighted by atomic mass is 32.2. The lowest BCUT2D eigenvalue weighted by atomic mass is 9.75. The average molecular weight is 1260 g/mol. The van der Waals surface area contributed by atoms with Gasteiger partial charge in [-0.25, -0.2) is 9.18 Å². The Morgan fingerprint density at radius 1 is 0.598 bits per heavy atom. The van der Waals surface area contributed by atoms with Crippen LogP contribution in [0, 0.1) is 28.6 Å². The highest BCUT2D eigenvalue weighted by Crippen LogP contribution is 2.40. The minimum atomic E-state index is -1.93. The summed E-state index contributed by atoms with van der Waals surface area (Å²) in [4.78, 5) is 138. The third-order valence-electron chi connectivity index (χ3n) is 15.6. The van der Waals surface area contributed by atoms with Crippen LogP contribution in [0.25, 0.3) is 0 Å². The van der Waals surface area contributed by atoms with E-state index < -0.39 is 100 Å². The normalized spacial score (nSPS) is 17.7. The van der Waals surface area contributed by atoms with Gasteiger partial charge < -0.3 is 61.2 Å². The molecule has 1 aliphatic heterocycles. The van der Waals surface area contributed by atoms with Crippen molar-refractivity contribution in [1.82, 2.24) is 36.8 Å². The fraction of sp³-hybridized carbons (Fsp3) is 0.817. The first-order valence-electron chi connectivity index (χ1n) is 30.7. The van der Waals surface area contributed by atoms with E-state index in [1.807, 2.05) is 13.8 Å². The van der Waals surface area contributed by atoms with Crippen LogP contribution in [0.4, 0.5) is 4.39 Å². The number of alkyl halides is 1. The van der Waals surface area contributed by atoms with Crippen molar-refractivity contribution in [1.29, 1.82) is 0 Å². The number of carboxylic acid groups (broad SMARTS) is 4. The largest absolute Gasteiger partial charge is 0.481 e. The van der Waals surface area contributed by atoms with E-state index >= 15 is 0 Å². The molecule has 2 rings (SSSR count). The SMILES string of the molecule is CC(C)(CCCCCC(=O)NCC1CCC(C(=O)N[C@H](CCC(=O)N[C@@H](CCC(=O)O)C(=O)NCCCOCCOCCOCCCNC(=O)CCN2C(=O)CC(C(C)(C)SCC(NC(C)(C)F)C(=O)O)C2=O)C(=O)O)CC1)CCC(C)(C)CC(=O)O. The molecule has 27 heteroatoms. The van der Waals surface area contributed by atoms with Gasteiger partial charge in [-0.05, 0) is 121 Å². The highest BCUT2D eigenvalue weighted by molar-refractivity contribution is 8.00. The highest BCUT2D eigenvalue weighted by Gasteiger charge is 2.47. The van der Waals surface area contributed by atoms with Gasteiger partial charge in [0, 0.05) is 87.9 Å². The number of imide groups is 1. The zero-order valence-corrected chi connectivity index (χ0v) is 53.4. The molecule has 1 saturated carbocycles. The van der Waals surface area contributed by atoms with E-state index in [0.717, 1.165) is 55.2 Å². The summed E-state index contributed by atoms with van der Waals surface area (Å²) in [5.41, 5.74) is -0.173. The summed E-state index contributed by atoms with van der Waals surface area (Å²) in [5.74, 6) is -10.5. The second-order valence-electron chi connectivity index (χ2n) is 25.5. The third-order valence-corrected chi connectivity index (χ3v) is 17.2. The van der Waals surface area contributed by atoms with Crippen LogP contribution in [0.5, 0.6) is 0 Å². The standard InChI is InChI=1S/C60H102FN7O18S/c1-57(2,25-26-58(3,4)37-51(75)76)24-11-9-10-14-46(69)64-38-40-15-17-41(18-16-40)52(77)66-44(55(80)81)19-21-48(71)65-43(20-22-50(73)74)53(78)63-28-13-31-85-33-35-86-34-32-84-30-12-27-62-47(70)23-29-68-49(72)36-42(54(68)79)59(5,6)87-39-45(56(82)83)67-60(7,8)61/h40-45,67H,9-39H2,1-8H3,(H,62,70)(H,63,78)(H,64,69)(H,65,71)(H,66,77)(H,73,74)(H,75,76)(H,80,81)(H,82,83)/t40?,41?,42?,43-,44+,45?/m0/s1. The molecule has 25 nitrogen and oxygen atoms in total. The van der Waals surface area contributed by atoms with Gasteiger partial charge >= 0.3 is 23.9 Å². The van der Waals surface area contributed by atoms with E-state index in [0.29, 0.717) is 64.6 Å². The Morgan fingerprint density at radius 2 is 1.16 bits per heavy atom. The lowest BCUT2D eigenvalue weighted by Gasteiger charge is -2.31. The number of ether oxygens (including phenoxy) is 3. The smallest absolute Gasteiger partial charge is 0.326 e. The first kappa shape index (κ1) is 77.6. The first-order chi connectivity index (χ1) is 40.7. The summed E-state index contributed by atoms with van der Waals surface area (Å²) < 4.78 is 29.8. The zero-order valence-electron chi connectivity index (χ0n) is 52.6. The van der Waals surface area contributed by atoms with Crippen molar-refractivity contribution in [3.8, 4) is 0 Å². The van der Waals surface area contributed by atoms with Crippen LogP contribution in [0.3, 0.4) is 0 Å². The lowest BCUT2D eigenvalue weighted by molar-refractivity contribution is -0.143. The van der Waals surface area contributed by atoms with Gasteiger partial charge in [-0.2, -0.15) is 11.8 Å². The van der Waals surface area contributed by atoms with E-state index in [1.54, 1.807) is 13.8 Å². The Bertz CT molecular complexity index is 2240. The molecule has 0 aromatic rings. The van der Waals surface area contributed by atoms with Gasteiger partial charge in [0.05, 0.1) is 38.8 Å². The molecule has 0 radical (unpaired) electrons. The van der Waals surface area contributed by atoms with Crippen molar-refractivity contribution in [2.75, 3.05) is 71.6 Å². The number of hydrogen-bond donors (Lipinski definition) is 10. The summed E-state index contributed by atoms with van der Waals surface area (Å²) in [6.45, 7) is 16.7. The Labute approximate surface area is 516 Å². The topological polar surface area (TPSA) is 372 Å². The molecule has 10 N–H and O–H groups in total. The number of likely N-dealkylation sites (tertiary alicyclic amines) is 1. The van der Waals surface area contributed by atoms with Gasteiger partial charge in [-0.1, -0.05) is 40.5 Å². The molecule has 4 atom stereocenters. The summed E-state index contributed by atoms with van der Waals surface area (Å²) in [7, 11) is 0. The summed E-state index contributed by atoms with van der Waals surface area (Å²) in [6, 6.07) is -3.80. The zero-order chi connectivity index (χ0) is 65.4. The van der Waals surface area contributed by atoms with Crippen molar-refractivity contribution in [2.24, 2.45) is 28.6 Å². The molecule has 2 unspecified atom stereocenters. The second-order valence-corrected chi connectivity index (χ2v) is 27.1. The predicted octanol–water partition coefficient (Wildman–Crippen LogP) is 4.95. The number of unbranched alkanes of at least 4 members (excludes halogenated alkanes) is 2. The number of thioether (sulfide) groups is 1. The average Bonchev–Trinajstić information content (AvgIpc) is 1.95. The van der Waals surface area contributed by atoms with Gasteiger partial charge in [-0.3, -0.25) is 58.2 Å². The number of amides is 7. The molecule has 1 saturated heterocycles. The van der Waals surface area contributed by atoms with Crippen LogP contribution in [0.15, 0.2) is 0 Å². The number of carbonyl (C=O) groups is 11. The number of hydrogen-bond acceptors (Lipinski definition) is 16. The Kier molecular flexibility index (Phi) is 35.2.